The van der Waals surface area contributed by atoms with Crippen LogP contribution in [0, 0.1) is 0 Å². The van der Waals surface area contributed by atoms with Crippen LogP contribution in [0.25, 0.3) is 0 Å². The van der Waals surface area contributed by atoms with E-state index >= 15 is 0 Å². The number of allylic oxidation sites excluding steroid dienone is 1. The quantitative estimate of drug-likeness (QED) is 0.521. The molecule has 0 aromatic rings. The topological polar surface area (TPSA) is 65.0 Å². The molecule has 0 aromatic carbocycles. The molecule has 0 saturated heterocycles. The first-order valence-electron chi connectivity index (χ1n) is 4.68. The molecular formula is C11H13NO4. The van der Waals surface area contributed by atoms with E-state index in [1.165, 1.54) is 33.3 Å². The summed E-state index contributed by atoms with van der Waals surface area (Å²) in [5.41, 5.74) is -1.32. The maximum absolute atomic E-state index is 11.6. The third kappa shape index (κ3) is 1.96. The number of ketones is 1. The summed E-state index contributed by atoms with van der Waals surface area (Å²) in [5.74, 6) is 0.273. The first kappa shape index (κ1) is 12.4. The molecule has 0 fully saturated rings. The monoisotopic (exact) mass is 223 g/mol. The second-order valence-corrected chi connectivity index (χ2v) is 3.35. The van der Waals surface area contributed by atoms with Crippen LogP contribution in [0.4, 0.5) is 0 Å². The molecule has 0 amide bonds. The van der Waals surface area contributed by atoms with Crippen molar-refractivity contribution in [3.8, 4) is 0 Å². The van der Waals surface area contributed by atoms with E-state index < -0.39 is 11.6 Å². The van der Waals surface area contributed by atoms with E-state index in [2.05, 4.69) is 4.99 Å². The summed E-state index contributed by atoms with van der Waals surface area (Å²) in [6.45, 7) is 1.35. The van der Waals surface area contributed by atoms with Crippen LogP contribution >= 0.6 is 0 Å². The van der Waals surface area contributed by atoms with Crippen LogP contribution in [-0.2, 0) is 19.1 Å². The number of hydrogen-bond donors (Lipinski definition) is 0. The average molecular weight is 223 g/mol. The summed E-state index contributed by atoms with van der Waals surface area (Å²) in [7, 11) is 2.94. The molecule has 0 N–H and O–H groups in total. The van der Waals surface area contributed by atoms with Gasteiger partial charge in [-0.05, 0) is 25.2 Å². The third-order valence-corrected chi connectivity index (χ3v) is 2.54. The lowest BCUT2D eigenvalue weighted by Crippen LogP contribution is -2.46. The standard InChI is InChI=1S/C11H13NO4/c1-8(14)11(12-7-13)5-4-9(15-2)6-10(11)16-3/h4-6,10H,1-3H3. The molecule has 1 rings (SSSR count). The summed E-state index contributed by atoms with van der Waals surface area (Å²) in [6, 6.07) is 0. The van der Waals surface area contributed by atoms with Crippen molar-refractivity contribution in [1.29, 1.82) is 0 Å². The molecule has 0 heterocycles. The Bertz CT molecular complexity index is 389. The van der Waals surface area contributed by atoms with Gasteiger partial charge in [-0.3, -0.25) is 4.79 Å². The highest BCUT2D eigenvalue weighted by molar-refractivity contribution is 5.91. The van der Waals surface area contributed by atoms with Gasteiger partial charge >= 0.3 is 0 Å². The maximum Gasteiger partial charge on any atom is 0.236 e. The molecule has 0 bridgehead atoms. The van der Waals surface area contributed by atoms with Gasteiger partial charge in [0.2, 0.25) is 6.08 Å². The van der Waals surface area contributed by atoms with Gasteiger partial charge in [0.05, 0.1) is 7.11 Å². The van der Waals surface area contributed by atoms with Crippen LogP contribution in [0.15, 0.2) is 29.0 Å². The van der Waals surface area contributed by atoms with Crippen molar-refractivity contribution in [2.75, 3.05) is 14.2 Å². The average Bonchev–Trinajstić information content (AvgIpc) is 2.29. The minimum Gasteiger partial charge on any atom is -0.497 e. The van der Waals surface area contributed by atoms with E-state index in [0.29, 0.717) is 5.76 Å². The van der Waals surface area contributed by atoms with E-state index in [1.807, 2.05) is 0 Å². The molecule has 5 heteroatoms. The molecule has 1 aliphatic rings. The predicted octanol–water partition coefficient (Wildman–Crippen LogP) is 0.765. The fraction of sp³-hybridized carbons (Fsp3) is 0.455. The van der Waals surface area contributed by atoms with Crippen molar-refractivity contribution in [3.05, 3.63) is 24.0 Å². The van der Waals surface area contributed by atoms with Gasteiger partial charge in [0.15, 0.2) is 11.3 Å². The van der Waals surface area contributed by atoms with Crippen molar-refractivity contribution in [3.63, 3.8) is 0 Å². The maximum atomic E-state index is 11.6. The summed E-state index contributed by atoms with van der Waals surface area (Å²) in [4.78, 5) is 25.6. The van der Waals surface area contributed by atoms with Crippen molar-refractivity contribution in [2.24, 2.45) is 4.99 Å². The van der Waals surface area contributed by atoms with Crippen LogP contribution in [0.1, 0.15) is 6.92 Å². The second-order valence-electron chi connectivity index (χ2n) is 3.35. The van der Waals surface area contributed by atoms with Gasteiger partial charge < -0.3 is 9.47 Å². The highest BCUT2D eigenvalue weighted by atomic mass is 16.5. The molecule has 5 nitrogen and oxygen atoms in total. The first-order valence-corrected chi connectivity index (χ1v) is 4.68. The fourth-order valence-electron chi connectivity index (χ4n) is 1.59. The minimum atomic E-state index is -1.32. The molecule has 2 atom stereocenters. The van der Waals surface area contributed by atoms with Gasteiger partial charge in [0.25, 0.3) is 0 Å². The number of ether oxygens (including phenoxy) is 2. The van der Waals surface area contributed by atoms with Crippen LogP contribution in [0.2, 0.25) is 0 Å². The molecule has 86 valence electrons. The number of carbonyl (C=O) groups is 1. The van der Waals surface area contributed by atoms with E-state index in [1.54, 1.807) is 12.2 Å². The first-order chi connectivity index (χ1) is 7.60. The Kier molecular flexibility index (Phi) is 3.77. The van der Waals surface area contributed by atoms with Crippen molar-refractivity contribution in [2.45, 2.75) is 18.6 Å². The third-order valence-electron chi connectivity index (χ3n) is 2.54. The number of methoxy groups -OCH3 is 2. The van der Waals surface area contributed by atoms with Crippen LogP contribution in [0.3, 0.4) is 0 Å². The molecule has 0 saturated carbocycles. The fourth-order valence-corrected chi connectivity index (χ4v) is 1.59. The number of hydrogen-bond acceptors (Lipinski definition) is 5. The Hall–Kier alpha value is -1.71. The lowest BCUT2D eigenvalue weighted by atomic mass is 9.85. The highest BCUT2D eigenvalue weighted by Crippen LogP contribution is 2.28. The van der Waals surface area contributed by atoms with Crippen molar-refractivity contribution >= 4 is 11.9 Å². The summed E-state index contributed by atoms with van der Waals surface area (Å²) in [6.07, 6.45) is 5.42. The van der Waals surface area contributed by atoms with Gasteiger partial charge in [0, 0.05) is 7.11 Å². The molecule has 0 spiro atoms. The zero-order valence-electron chi connectivity index (χ0n) is 9.39. The van der Waals surface area contributed by atoms with Crippen LogP contribution < -0.4 is 0 Å². The van der Waals surface area contributed by atoms with E-state index in [-0.39, 0.29) is 5.78 Å². The lowest BCUT2D eigenvalue weighted by Gasteiger charge is -2.31. The molecule has 0 aromatic heterocycles. The summed E-state index contributed by atoms with van der Waals surface area (Å²) >= 11 is 0. The predicted molar refractivity (Wildman–Crippen MR) is 56.6 cm³/mol. The molecule has 2 unspecified atom stereocenters. The molecule has 16 heavy (non-hydrogen) atoms. The number of nitrogens with zero attached hydrogens (tertiary/aromatic N) is 1. The SMILES string of the molecule is COC1=CC(OC)C(N=C=O)(C(C)=O)C=C1. The Labute approximate surface area is 93.4 Å². The van der Waals surface area contributed by atoms with Gasteiger partial charge in [0.1, 0.15) is 11.9 Å². The zero-order chi connectivity index (χ0) is 12.2. The molecular weight excluding hydrogens is 210 g/mol. The van der Waals surface area contributed by atoms with E-state index in [9.17, 15) is 9.59 Å². The summed E-state index contributed by atoms with van der Waals surface area (Å²) < 4.78 is 10.2. The van der Waals surface area contributed by atoms with Crippen LogP contribution in [0.5, 0.6) is 0 Å². The largest absolute Gasteiger partial charge is 0.497 e. The number of Topliss-reactive ketones (excluding diaryl/α,β-unsaturated/α-hetero) is 1. The lowest BCUT2D eigenvalue weighted by molar-refractivity contribution is -0.123. The zero-order valence-corrected chi connectivity index (χ0v) is 9.39. The number of isocyanates is 1. The van der Waals surface area contributed by atoms with Crippen molar-refractivity contribution in [1.82, 2.24) is 0 Å². The Morgan fingerprint density at radius 2 is 2.25 bits per heavy atom. The van der Waals surface area contributed by atoms with Crippen molar-refractivity contribution < 1.29 is 19.1 Å². The summed E-state index contributed by atoms with van der Waals surface area (Å²) in [5, 5.41) is 0. The number of carbonyl (C=O) groups excluding carboxylic acids is 2. The van der Waals surface area contributed by atoms with E-state index in [0.717, 1.165) is 0 Å². The highest BCUT2D eigenvalue weighted by Gasteiger charge is 2.43. The number of rotatable bonds is 4. The Balaban J connectivity index is 3.22. The Morgan fingerprint density at radius 1 is 1.56 bits per heavy atom. The normalized spacial score (nSPS) is 27.9. The minimum absolute atomic E-state index is 0.287. The second kappa shape index (κ2) is 4.88. The van der Waals surface area contributed by atoms with Gasteiger partial charge in [-0.2, -0.15) is 4.99 Å². The molecule has 0 radical (unpaired) electrons. The number of aliphatic imine (C=N–C) groups is 1. The Morgan fingerprint density at radius 3 is 2.69 bits per heavy atom. The molecule has 1 aliphatic carbocycles. The van der Waals surface area contributed by atoms with Gasteiger partial charge in [-0.15, -0.1) is 0 Å². The molecule has 0 aliphatic heterocycles. The van der Waals surface area contributed by atoms with Crippen LogP contribution in [-0.4, -0.2) is 37.7 Å². The van der Waals surface area contributed by atoms with Gasteiger partial charge in [-0.1, -0.05) is 0 Å². The van der Waals surface area contributed by atoms with Gasteiger partial charge in [-0.25, -0.2) is 4.79 Å². The smallest absolute Gasteiger partial charge is 0.236 e. The van der Waals surface area contributed by atoms with E-state index in [4.69, 9.17) is 9.47 Å².